The number of hydroxylamine groups is 2. The first kappa shape index (κ1) is 10.9. The summed E-state index contributed by atoms with van der Waals surface area (Å²) in [5.74, 6) is 0.386. The van der Waals surface area contributed by atoms with Gasteiger partial charge in [0.25, 0.3) is 0 Å². The maximum Gasteiger partial charge on any atom is 0.322 e. The first-order valence-electron chi connectivity index (χ1n) is 3.84. The molecule has 13 heavy (non-hydrogen) atoms. The molecule has 1 aliphatic heterocycles. The van der Waals surface area contributed by atoms with Crippen molar-refractivity contribution < 1.29 is 9.63 Å². The summed E-state index contributed by atoms with van der Waals surface area (Å²) in [6.45, 7) is 2.00. The maximum atomic E-state index is 10.6. The van der Waals surface area contributed by atoms with Crippen LogP contribution in [0.25, 0.3) is 0 Å². The molecule has 0 amide bonds. The minimum absolute atomic E-state index is 0.238. The highest BCUT2D eigenvalue weighted by atomic mass is 32.2. The smallest absolute Gasteiger partial charge is 0.322 e. The summed E-state index contributed by atoms with van der Waals surface area (Å²) in [4.78, 5) is 17.6. The van der Waals surface area contributed by atoms with E-state index >= 15 is 0 Å². The van der Waals surface area contributed by atoms with Crippen LogP contribution in [0.2, 0.25) is 0 Å². The average Bonchev–Trinajstić information content (AvgIpc) is 2.03. The predicted octanol–water partition coefficient (Wildman–Crippen LogP) is 0.686. The van der Waals surface area contributed by atoms with Gasteiger partial charge in [-0.15, -0.1) is 16.8 Å². The second-order valence-corrected chi connectivity index (χ2v) is 4.13. The molecule has 0 aromatic carbocycles. The molecular formula is C7H12N2O2S2. The Bertz CT molecular complexity index is 213. The molecule has 0 radical (unpaired) electrons. The van der Waals surface area contributed by atoms with Crippen LogP contribution in [0, 0.1) is 0 Å². The van der Waals surface area contributed by atoms with Crippen LogP contribution in [0.5, 0.6) is 0 Å². The van der Waals surface area contributed by atoms with Gasteiger partial charge >= 0.3 is 5.97 Å². The summed E-state index contributed by atoms with van der Waals surface area (Å²) >= 11 is 6.50. The molecule has 0 aromatic rings. The lowest BCUT2D eigenvalue weighted by molar-refractivity contribution is -0.192. The lowest BCUT2D eigenvalue weighted by Crippen LogP contribution is -2.46. The number of thioether (sulfide) groups is 1. The van der Waals surface area contributed by atoms with E-state index in [4.69, 9.17) is 17.1 Å². The van der Waals surface area contributed by atoms with E-state index in [2.05, 4.69) is 0 Å². The highest BCUT2D eigenvalue weighted by molar-refractivity contribution is 8.01. The first-order chi connectivity index (χ1) is 6.13. The summed E-state index contributed by atoms with van der Waals surface area (Å²) in [5.41, 5.74) is 0. The van der Waals surface area contributed by atoms with E-state index < -0.39 is 0 Å². The third-order valence-electron chi connectivity index (χ3n) is 1.58. The zero-order chi connectivity index (χ0) is 9.84. The molecule has 0 saturated carbocycles. The van der Waals surface area contributed by atoms with E-state index in [9.17, 15) is 4.79 Å². The second-order valence-electron chi connectivity index (χ2n) is 2.79. The minimum atomic E-state index is -0.283. The zero-order valence-corrected chi connectivity index (χ0v) is 9.23. The number of carbonyl (C=O) groups is 1. The van der Waals surface area contributed by atoms with Crippen molar-refractivity contribution in [2.75, 3.05) is 19.6 Å². The van der Waals surface area contributed by atoms with Crippen LogP contribution in [-0.4, -0.2) is 46.3 Å². The zero-order valence-electron chi connectivity index (χ0n) is 7.60. The first-order valence-corrected chi connectivity index (χ1v) is 5.36. The Morgan fingerprint density at radius 2 is 2.46 bits per heavy atom. The van der Waals surface area contributed by atoms with Crippen molar-refractivity contribution in [3.05, 3.63) is 0 Å². The highest BCUT2D eigenvalue weighted by Crippen LogP contribution is 2.20. The van der Waals surface area contributed by atoms with Gasteiger partial charge in [0, 0.05) is 12.3 Å². The largest absolute Gasteiger partial charge is 0.366 e. The Hall–Kier alpha value is -0.170. The molecule has 74 valence electrons. The molecule has 0 bridgehead atoms. The van der Waals surface area contributed by atoms with Gasteiger partial charge in [0.2, 0.25) is 0 Å². The summed E-state index contributed by atoms with van der Waals surface area (Å²) in [6.07, 6.45) is 0. The van der Waals surface area contributed by atoms with E-state index in [1.54, 1.807) is 22.2 Å². The number of thiocarbonyl (C=S) groups is 1. The van der Waals surface area contributed by atoms with Gasteiger partial charge < -0.3 is 4.84 Å². The summed E-state index contributed by atoms with van der Waals surface area (Å²) in [6, 6.07) is 0. The molecule has 0 aliphatic carbocycles. The van der Waals surface area contributed by atoms with Gasteiger partial charge in [-0.3, -0.25) is 9.69 Å². The Morgan fingerprint density at radius 1 is 1.77 bits per heavy atom. The number of hydrogen-bond donors (Lipinski definition) is 0. The minimum Gasteiger partial charge on any atom is -0.366 e. The molecule has 1 heterocycles. The Morgan fingerprint density at radius 3 is 2.92 bits per heavy atom. The summed E-state index contributed by atoms with van der Waals surface area (Å²) in [7, 11) is 1.94. The molecule has 1 fully saturated rings. The second kappa shape index (κ2) is 4.90. The van der Waals surface area contributed by atoms with E-state index in [0.29, 0.717) is 12.5 Å². The van der Waals surface area contributed by atoms with Crippen molar-refractivity contribution in [3.8, 4) is 0 Å². The van der Waals surface area contributed by atoms with Crippen LogP contribution < -0.4 is 0 Å². The van der Waals surface area contributed by atoms with Crippen LogP contribution in [0.4, 0.5) is 0 Å². The SMILES string of the molecule is CC(=O)ON1CSC(C=S)N(C)C1. The molecule has 1 saturated heterocycles. The number of rotatable bonds is 2. The highest BCUT2D eigenvalue weighted by Gasteiger charge is 2.24. The topological polar surface area (TPSA) is 32.8 Å². The molecule has 0 N–H and O–H groups in total. The standard InChI is InChI=1S/C7H12N2O2S2/c1-6(10)11-9-4-8(2)7(3-12)13-5-9/h3,7H,4-5H2,1-2H3. The number of nitrogens with zero attached hydrogens (tertiary/aromatic N) is 2. The van der Waals surface area contributed by atoms with E-state index in [0.717, 1.165) is 0 Å². The van der Waals surface area contributed by atoms with Crippen molar-refractivity contribution >= 4 is 35.3 Å². The van der Waals surface area contributed by atoms with E-state index in [1.807, 2.05) is 11.9 Å². The third-order valence-corrected chi connectivity index (χ3v) is 3.28. The van der Waals surface area contributed by atoms with Crippen molar-refractivity contribution in [2.24, 2.45) is 0 Å². The van der Waals surface area contributed by atoms with E-state index in [1.165, 1.54) is 6.92 Å². The fourth-order valence-corrected chi connectivity index (χ4v) is 2.33. The normalized spacial score (nSPS) is 25.5. The van der Waals surface area contributed by atoms with Crippen molar-refractivity contribution in [3.63, 3.8) is 0 Å². The monoisotopic (exact) mass is 220 g/mol. The van der Waals surface area contributed by atoms with Crippen LogP contribution >= 0.6 is 24.0 Å². The maximum absolute atomic E-state index is 10.6. The Balaban J connectivity index is 2.40. The molecular weight excluding hydrogens is 208 g/mol. The van der Waals surface area contributed by atoms with Gasteiger partial charge in [-0.1, -0.05) is 12.2 Å². The molecule has 1 aliphatic rings. The summed E-state index contributed by atoms with van der Waals surface area (Å²) in [5, 5.41) is 3.57. The van der Waals surface area contributed by atoms with Gasteiger partial charge in [0.05, 0.1) is 17.9 Å². The fraction of sp³-hybridized carbons (Fsp3) is 0.714. The molecule has 1 unspecified atom stereocenters. The molecule has 0 aromatic heterocycles. The molecule has 1 rings (SSSR count). The molecule has 0 spiro atoms. The quantitative estimate of drug-likeness (QED) is 0.637. The van der Waals surface area contributed by atoms with Crippen molar-refractivity contribution in [1.82, 2.24) is 9.96 Å². The molecule has 4 nitrogen and oxygen atoms in total. The van der Waals surface area contributed by atoms with Crippen molar-refractivity contribution in [2.45, 2.75) is 12.3 Å². The van der Waals surface area contributed by atoms with Crippen LogP contribution in [-0.2, 0) is 9.63 Å². The number of hydrogen-bond acceptors (Lipinski definition) is 6. The molecule has 6 heteroatoms. The van der Waals surface area contributed by atoms with Gasteiger partial charge in [0.15, 0.2) is 0 Å². The Kier molecular flexibility index (Phi) is 4.11. The number of carbonyl (C=O) groups excluding carboxylic acids is 1. The molecule has 1 atom stereocenters. The fourth-order valence-electron chi connectivity index (χ4n) is 1.04. The van der Waals surface area contributed by atoms with Crippen molar-refractivity contribution in [1.29, 1.82) is 0 Å². The van der Waals surface area contributed by atoms with Crippen LogP contribution in [0.15, 0.2) is 0 Å². The van der Waals surface area contributed by atoms with Gasteiger partial charge in [-0.05, 0) is 7.05 Å². The van der Waals surface area contributed by atoms with Gasteiger partial charge in [-0.2, -0.15) is 0 Å². The van der Waals surface area contributed by atoms with Gasteiger partial charge in [-0.25, -0.2) is 0 Å². The predicted molar refractivity (Wildman–Crippen MR) is 56.1 cm³/mol. The third kappa shape index (κ3) is 3.22. The lowest BCUT2D eigenvalue weighted by atomic mass is 10.6. The average molecular weight is 220 g/mol. The van der Waals surface area contributed by atoms with E-state index in [-0.39, 0.29) is 11.3 Å². The van der Waals surface area contributed by atoms with Crippen LogP contribution in [0.1, 0.15) is 6.92 Å². The van der Waals surface area contributed by atoms with Crippen LogP contribution in [0.3, 0.4) is 0 Å². The lowest BCUT2D eigenvalue weighted by Gasteiger charge is -2.35. The Labute approximate surface area is 87.2 Å². The summed E-state index contributed by atoms with van der Waals surface area (Å²) < 4.78 is 0. The van der Waals surface area contributed by atoms with Gasteiger partial charge in [0.1, 0.15) is 0 Å².